The van der Waals surface area contributed by atoms with E-state index in [0.717, 1.165) is 39.5 Å². The largest absolute Gasteiger partial charge is 0.358 e. The molecule has 0 radical (unpaired) electrons. The van der Waals surface area contributed by atoms with Crippen molar-refractivity contribution in [2.45, 2.75) is 27.2 Å². The number of fused-ring (bicyclic) bond motifs is 1. The maximum Gasteiger partial charge on any atom is 0.224 e. The molecule has 0 aliphatic carbocycles. The number of hydrogen-bond acceptors (Lipinski definition) is 3. The highest BCUT2D eigenvalue weighted by Crippen LogP contribution is 2.28. The molecule has 6 heteroatoms. The molecule has 2 rings (SSSR count). The van der Waals surface area contributed by atoms with Gasteiger partial charge in [-0.2, -0.15) is 0 Å². The van der Waals surface area contributed by atoms with Gasteiger partial charge in [-0.05, 0) is 37.5 Å². The number of aromatic nitrogens is 1. The van der Waals surface area contributed by atoms with Gasteiger partial charge in [0.2, 0.25) is 5.91 Å². The fraction of sp³-hybridized carbons (Fsp3) is 0.438. The van der Waals surface area contributed by atoms with E-state index in [-0.39, 0.29) is 24.6 Å². The van der Waals surface area contributed by atoms with Crippen LogP contribution in [0.1, 0.15) is 22.4 Å². The SMILES string of the molecule is Cc1[nH]c2c(C)ccc(C)c2c1CC(=O)NCCS(C)(=O)=O. The molecule has 0 unspecified atom stereocenters. The Hall–Kier alpha value is -1.82. The fourth-order valence-corrected chi connectivity index (χ4v) is 3.10. The van der Waals surface area contributed by atoms with Gasteiger partial charge in [-0.25, -0.2) is 8.42 Å². The fourth-order valence-electron chi connectivity index (χ4n) is 2.63. The van der Waals surface area contributed by atoms with Gasteiger partial charge in [0.15, 0.2) is 0 Å². The first-order chi connectivity index (χ1) is 10.2. The van der Waals surface area contributed by atoms with E-state index in [1.807, 2.05) is 20.8 Å². The van der Waals surface area contributed by atoms with Crippen molar-refractivity contribution < 1.29 is 13.2 Å². The number of carbonyl (C=O) groups is 1. The predicted octanol–water partition coefficient (Wildman–Crippen LogP) is 1.80. The van der Waals surface area contributed by atoms with Crippen molar-refractivity contribution >= 4 is 26.6 Å². The Bertz CT molecular complexity index is 820. The summed E-state index contributed by atoms with van der Waals surface area (Å²) in [6, 6.07) is 4.11. The van der Waals surface area contributed by atoms with Gasteiger partial charge in [-0.1, -0.05) is 12.1 Å². The molecule has 2 N–H and O–H groups in total. The number of nitrogens with one attached hydrogen (secondary N) is 2. The number of carbonyl (C=O) groups excluding carboxylic acids is 1. The van der Waals surface area contributed by atoms with Crippen LogP contribution in [0.25, 0.3) is 10.9 Å². The number of sulfone groups is 1. The average Bonchev–Trinajstić information content (AvgIpc) is 2.71. The molecule has 0 spiro atoms. The first kappa shape index (κ1) is 16.5. The summed E-state index contributed by atoms with van der Waals surface area (Å²) in [6.45, 7) is 6.17. The van der Waals surface area contributed by atoms with Crippen molar-refractivity contribution in [3.05, 3.63) is 34.5 Å². The lowest BCUT2D eigenvalue weighted by Gasteiger charge is -2.06. The van der Waals surface area contributed by atoms with Gasteiger partial charge < -0.3 is 10.3 Å². The van der Waals surface area contributed by atoms with Gasteiger partial charge in [0.05, 0.1) is 12.2 Å². The zero-order valence-electron chi connectivity index (χ0n) is 13.4. The summed E-state index contributed by atoms with van der Waals surface area (Å²) in [4.78, 5) is 15.4. The predicted molar refractivity (Wildman–Crippen MR) is 88.9 cm³/mol. The second-order valence-electron chi connectivity index (χ2n) is 5.83. The summed E-state index contributed by atoms with van der Waals surface area (Å²) in [5.41, 5.74) is 5.30. The molecule has 0 atom stereocenters. The van der Waals surface area contributed by atoms with E-state index < -0.39 is 9.84 Å². The Balaban J connectivity index is 2.20. The minimum Gasteiger partial charge on any atom is -0.358 e. The van der Waals surface area contributed by atoms with Gasteiger partial charge in [-0.3, -0.25) is 4.79 Å². The number of amides is 1. The average molecular weight is 322 g/mol. The van der Waals surface area contributed by atoms with E-state index in [1.165, 1.54) is 0 Å². The third-order valence-electron chi connectivity index (χ3n) is 3.82. The van der Waals surface area contributed by atoms with E-state index in [1.54, 1.807) is 0 Å². The molecule has 1 amide bonds. The molecule has 1 heterocycles. The van der Waals surface area contributed by atoms with Gasteiger partial charge in [0.25, 0.3) is 0 Å². The van der Waals surface area contributed by atoms with Crippen LogP contribution in [0.2, 0.25) is 0 Å². The summed E-state index contributed by atoms with van der Waals surface area (Å²) < 4.78 is 22.2. The molecule has 5 nitrogen and oxygen atoms in total. The number of aryl methyl sites for hydroxylation is 3. The molecule has 0 aliphatic rings. The lowest BCUT2D eigenvalue weighted by Crippen LogP contribution is -2.30. The van der Waals surface area contributed by atoms with Crippen molar-refractivity contribution in [1.29, 1.82) is 0 Å². The summed E-state index contributed by atoms with van der Waals surface area (Å²) in [5, 5.41) is 3.76. The van der Waals surface area contributed by atoms with Crippen molar-refractivity contribution in [3.63, 3.8) is 0 Å². The minimum atomic E-state index is -3.06. The topological polar surface area (TPSA) is 79.0 Å². The highest BCUT2D eigenvalue weighted by Gasteiger charge is 2.15. The Labute approximate surface area is 131 Å². The maximum absolute atomic E-state index is 12.1. The summed E-state index contributed by atoms with van der Waals surface area (Å²) in [5.74, 6) is -0.197. The van der Waals surface area contributed by atoms with E-state index >= 15 is 0 Å². The maximum atomic E-state index is 12.1. The van der Waals surface area contributed by atoms with Crippen molar-refractivity contribution in [2.24, 2.45) is 0 Å². The Morgan fingerprint density at radius 1 is 1.18 bits per heavy atom. The molecule has 0 aliphatic heterocycles. The van der Waals surface area contributed by atoms with E-state index in [9.17, 15) is 13.2 Å². The molecular weight excluding hydrogens is 300 g/mol. The van der Waals surface area contributed by atoms with Crippen LogP contribution in [0, 0.1) is 20.8 Å². The monoisotopic (exact) mass is 322 g/mol. The van der Waals surface area contributed by atoms with Crippen LogP contribution in [0.3, 0.4) is 0 Å². The van der Waals surface area contributed by atoms with Crippen molar-refractivity contribution in [1.82, 2.24) is 10.3 Å². The molecule has 2 aromatic rings. The van der Waals surface area contributed by atoms with E-state index in [0.29, 0.717) is 0 Å². The Morgan fingerprint density at radius 2 is 1.82 bits per heavy atom. The first-order valence-electron chi connectivity index (χ1n) is 7.21. The highest BCUT2D eigenvalue weighted by molar-refractivity contribution is 7.90. The highest BCUT2D eigenvalue weighted by atomic mass is 32.2. The van der Waals surface area contributed by atoms with Crippen LogP contribution in [0.5, 0.6) is 0 Å². The molecule has 22 heavy (non-hydrogen) atoms. The minimum absolute atomic E-state index is 0.0380. The lowest BCUT2D eigenvalue weighted by atomic mass is 10.0. The van der Waals surface area contributed by atoms with Crippen LogP contribution in [-0.4, -0.2) is 37.9 Å². The smallest absolute Gasteiger partial charge is 0.224 e. The normalized spacial score (nSPS) is 11.8. The van der Waals surface area contributed by atoms with Crippen molar-refractivity contribution in [3.8, 4) is 0 Å². The summed E-state index contributed by atoms with van der Waals surface area (Å²) >= 11 is 0. The first-order valence-corrected chi connectivity index (χ1v) is 9.27. The molecular formula is C16H22N2O3S. The third kappa shape index (κ3) is 3.68. The summed E-state index contributed by atoms with van der Waals surface area (Å²) in [6.07, 6.45) is 1.41. The van der Waals surface area contributed by atoms with E-state index in [4.69, 9.17) is 0 Å². The third-order valence-corrected chi connectivity index (χ3v) is 4.77. The standard InChI is InChI=1S/C16H22N2O3S/c1-10-5-6-11(2)16-15(10)13(12(3)18-16)9-14(19)17-7-8-22(4,20)21/h5-6,18H,7-9H2,1-4H3,(H,17,19). The second kappa shape index (κ2) is 6.12. The van der Waals surface area contributed by atoms with Crippen molar-refractivity contribution in [2.75, 3.05) is 18.6 Å². The van der Waals surface area contributed by atoms with Crippen LogP contribution >= 0.6 is 0 Å². The zero-order chi connectivity index (χ0) is 16.5. The molecule has 120 valence electrons. The van der Waals surface area contributed by atoms with Gasteiger partial charge in [0.1, 0.15) is 9.84 Å². The molecule has 0 saturated heterocycles. The Morgan fingerprint density at radius 3 is 2.45 bits per heavy atom. The number of rotatable bonds is 5. The molecule has 1 aromatic heterocycles. The lowest BCUT2D eigenvalue weighted by molar-refractivity contribution is -0.120. The van der Waals surface area contributed by atoms with Gasteiger partial charge >= 0.3 is 0 Å². The molecule has 0 saturated carbocycles. The molecule has 0 fully saturated rings. The van der Waals surface area contributed by atoms with E-state index in [2.05, 4.69) is 22.4 Å². The summed E-state index contributed by atoms with van der Waals surface area (Å²) in [7, 11) is -3.06. The molecule has 1 aromatic carbocycles. The second-order valence-corrected chi connectivity index (χ2v) is 8.09. The number of benzene rings is 1. The quantitative estimate of drug-likeness (QED) is 0.881. The zero-order valence-corrected chi connectivity index (χ0v) is 14.2. The van der Waals surface area contributed by atoms with Crippen LogP contribution in [0.4, 0.5) is 0 Å². The van der Waals surface area contributed by atoms with Crippen LogP contribution < -0.4 is 5.32 Å². The van der Waals surface area contributed by atoms with Gasteiger partial charge in [0, 0.05) is 29.4 Å². The van der Waals surface area contributed by atoms with Gasteiger partial charge in [-0.15, -0.1) is 0 Å². The van der Waals surface area contributed by atoms with Crippen LogP contribution in [-0.2, 0) is 21.1 Å². The number of aromatic amines is 1. The van der Waals surface area contributed by atoms with Crippen LogP contribution in [0.15, 0.2) is 12.1 Å². The molecule has 0 bridgehead atoms. The number of H-pyrrole nitrogens is 1. The Kier molecular flexibility index (Phi) is 4.60. The number of hydrogen-bond donors (Lipinski definition) is 2.